The summed E-state index contributed by atoms with van der Waals surface area (Å²) in [6.45, 7) is 3.64. The van der Waals surface area contributed by atoms with Crippen molar-refractivity contribution in [2.24, 2.45) is 0 Å². The molecule has 0 spiro atoms. The molecule has 1 N–H and O–H groups in total. The Hall–Kier alpha value is -0.740. The van der Waals surface area contributed by atoms with Crippen molar-refractivity contribution in [2.45, 2.75) is 19.7 Å². The van der Waals surface area contributed by atoms with Crippen LogP contribution in [0.5, 0.6) is 0 Å². The van der Waals surface area contributed by atoms with Crippen LogP contribution in [0.1, 0.15) is 25.3 Å². The van der Waals surface area contributed by atoms with Crippen molar-refractivity contribution in [3.8, 4) is 0 Å². The average Bonchev–Trinajstić information content (AvgIpc) is 2.30. The van der Waals surface area contributed by atoms with Crippen LogP contribution < -0.4 is 0 Å². The minimum atomic E-state index is -3.61. The number of aliphatic hydroxyl groups is 1. The van der Waals surface area contributed by atoms with Crippen LogP contribution in [0.3, 0.4) is 0 Å². The summed E-state index contributed by atoms with van der Waals surface area (Å²) in [7, 11) is -3.61. The fourth-order valence-electron chi connectivity index (χ4n) is 1.36. The zero-order valence-corrected chi connectivity index (χ0v) is 10.7. The smallest absolute Gasteiger partial charge is 0.363 e. The Morgan fingerprint density at radius 1 is 1.24 bits per heavy atom. The van der Waals surface area contributed by atoms with E-state index in [1.54, 1.807) is 13.8 Å². The average molecular weight is 262 g/mol. The van der Waals surface area contributed by atoms with Crippen molar-refractivity contribution >= 4 is 7.60 Å². The molecular weight excluding hydrogens is 246 g/mol. The second kappa shape index (κ2) is 6.26. The van der Waals surface area contributed by atoms with E-state index in [-0.39, 0.29) is 13.2 Å². The first kappa shape index (κ1) is 14.3. The standard InChI is InChI=1S/C11H16FO4P/c1-3-15-17(14,16-4-2)11(13)9-5-7-10(12)8-6-9/h5-8,11,13H,3-4H2,1-2H3/t11-/m0/s1. The number of rotatable bonds is 6. The number of aliphatic hydroxyl groups excluding tert-OH is 1. The summed E-state index contributed by atoms with van der Waals surface area (Å²) < 4.78 is 35.0. The van der Waals surface area contributed by atoms with Crippen LogP contribution in [-0.4, -0.2) is 18.3 Å². The van der Waals surface area contributed by atoms with E-state index in [4.69, 9.17) is 9.05 Å². The van der Waals surface area contributed by atoms with Crippen molar-refractivity contribution in [3.63, 3.8) is 0 Å². The van der Waals surface area contributed by atoms with Gasteiger partial charge in [0.15, 0.2) is 5.85 Å². The molecule has 0 fully saturated rings. The topological polar surface area (TPSA) is 55.8 Å². The monoisotopic (exact) mass is 262 g/mol. The third-order valence-electron chi connectivity index (χ3n) is 2.09. The summed E-state index contributed by atoms with van der Waals surface area (Å²) in [5.41, 5.74) is 0.302. The van der Waals surface area contributed by atoms with Gasteiger partial charge >= 0.3 is 7.60 Å². The van der Waals surface area contributed by atoms with E-state index >= 15 is 0 Å². The van der Waals surface area contributed by atoms with E-state index in [2.05, 4.69) is 0 Å². The summed E-state index contributed by atoms with van der Waals surface area (Å²) in [4.78, 5) is 0. The normalized spacial score (nSPS) is 13.6. The second-order valence-electron chi connectivity index (χ2n) is 3.30. The van der Waals surface area contributed by atoms with Crippen LogP contribution in [-0.2, 0) is 13.6 Å². The first-order chi connectivity index (χ1) is 8.03. The Labute approximate surface area is 99.9 Å². The highest BCUT2D eigenvalue weighted by atomic mass is 31.2. The van der Waals surface area contributed by atoms with Crippen LogP contribution in [0.2, 0.25) is 0 Å². The molecule has 0 saturated heterocycles. The molecular formula is C11H16FO4P. The van der Waals surface area contributed by atoms with Crippen molar-refractivity contribution in [1.29, 1.82) is 0 Å². The van der Waals surface area contributed by atoms with Crippen LogP contribution in [0, 0.1) is 5.82 Å². The SMILES string of the molecule is CCOP(=O)(OCC)[C@H](O)c1ccc(F)cc1. The van der Waals surface area contributed by atoms with Crippen LogP contribution in [0.25, 0.3) is 0 Å². The first-order valence-corrected chi connectivity index (χ1v) is 6.97. The predicted octanol–water partition coefficient (Wildman–Crippen LogP) is 3.08. The molecule has 0 unspecified atom stereocenters. The zero-order chi connectivity index (χ0) is 12.9. The fourth-order valence-corrected chi connectivity index (χ4v) is 2.97. The molecule has 1 atom stereocenters. The zero-order valence-electron chi connectivity index (χ0n) is 9.80. The van der Waals surface area contributed by atoms with E-state index in [1.807, 2.05) is 0 Å². The van der Waals surface area contributed by atoms with Gasteiger partial charge in [-0.05, 0) is 31.5 Å². The van der Waals surface area contributed by atoms with E-state index in [0.717, 1.165) is 0 Å². The molecule has 96 valence electrons. The lowest BCUT2D eigenvalue weighted by Gasteiger charge is -2.22. The maximum atomic E-state index is 12.7. The third kappa shape index (κ3) is 3.61. The molecule has 0 amide bonds. The minimum absolute atomic E-state index is 0.162. The molecule has 0 heterocycles. The third-order valence-corrected chi connectivity index (χ3v) is 4.22. The van der Waals surface area contributed by atoms with Gasteiger partial charge in [-0.1, -0.05) is 12.1 Å². The Morgan fingerprint density at radius 3 is 2.12 bits per heavy atom. The Morgan fingerprint density at radius 2 is 1.71 bits per heavy atom. The highest BCUT2D eigenvalue weighted by Gasteiger charge is 2.35. The Bertz CT molecular complexity index is 383. The number of hydrogen-bond acceptors (Lipinski definition) is 4. The first-order valence-electron chi connectivity index (χ1n) is 5.35. The molecule has 0 aliphatic carbocycles. The molecule has 0 aromatic heterocycles. The molecule has 6 heteroatoms. The molecule has 1 rings (SSSR count). The van der Waals surface area contributed by atoms with Crippen molar-refractivity contribution in [3.05, 3.63) is 35.6 Å². The second-order valence-corrected chi connectivity index (χ2v) is 5.39. The summed E-state index contributed by atoms with van der Waals surface area (Å²) >= 11 is 0. The van der Waals surface area contributed by atoms with Gasteiger partial charge in [-0.3, -0.25) is 4.57 Å². The maximum absolute atomic E-state index is 12.7. The lowest BCUT2D eigenvalue weighted by molar-refractivity contribution is 0.150. The van der Waals surface area contributed by atoms with E-state index in [9.17, 15) is 14.1 Å². The summed E-state index contributed by atoms with van der Waals surface area (Å²) in [5, 5.41) is 9.96. The molecule has 0 radical (unpaired) electrons. The Kier molecular flexibility index (Phi) is 5.28. The van der Waals surface area contributed by atoms with Gasteiger partial charge in [0.05, 0.1) is 13.2 Å². The highest BCUT2D eigenvalue weighted by Crippen LogP contribution is 2.59. The van der Waals surface area contributed by atoms with Gasteiger partial charge in [0.25, 0.3) is 0 Å². The summed E-state index contributed by atoms with van der Waals surface area (Å²) in [6.07, 6.45) is 0. The van der Waals surface area contributed by atoms with Crippen LogP contribution >= 0.6 is 7.60 Å². The van der Waals surface area contributed by atoms with E-state index in [0.29, 0.717) is 5.56 Å². The molecule has 0 aliphatic rings. The number of hydrogen-bond donors (Lipinski definition) is 1. The predicted molar refractivity (Wildman–Crippen MR) is 62.2 cm³/mol. The quantitative estimate of drug-likeness (QED) is 0.800. The van der Waals surface area contributed by atoms with Gasteiger partial charge < -0.3 is 14.2 Å². The molecule has 0 bridgehead atoms. The summed E-state index contributed by atoms with van der Waals surface area (Å²) in [5.74, 6) is -1.83. The number of benzene rings is 1. The molecule has 4 nitrogen and oxygen atoms in total. The van der Waals surface area contributed by atoms with Gasteiger partial charge in [-0.15, -0.1) is 0 Å². The van der Waals surface area contributed by atoms with Gasteiger partial charge in [-0.2, -0.15) is 0 Å². The number of halogens is 1. The van der Waals surface area contributed by atoms with Gasteiger partial charge in [0.2, 0.25) is 0 Å². The summed E-state index contributed by atoms with van der Waals surface area (Å²) in [6, 6.07) is 5.07. The van der Waals surface area contributed by atoms with E-state index < -0.39 is 19.3 Å². The highest BCUT2D eigenvalue weighted by molar-refractivity contribution is 7.54. The molecule has 1 aromatic rings. The maximum Gasteiger partial charge on any atom is 0.363 e. The minimum Gasteiger partial charge on any atom is -0.376 e. The van der Waals surface area contributed by atoms with Gasteiger partial charge in [0, 0.05) is 0 Å². The van der Waals surface area contributed by atoms with E-state index in [1.165, 1.54) is 24.3 Å². The van der Waals surface area contributed by atoms with Crippen LogP contribution in [0.15, 0.2) is 24.3 Å². The van der Waals surface area contributed by atoms with Gasteiger partial charge in [-0.25, -0.2) is 4.39 Å². The fraction of sp³-hybridized carbons (Fsp3) is 0.455. The van der Waals surface area contributed by atoms with Crippen molar-refractivity contribution < 1.29 is 23.1 Å². The van der Waals surface area contributed by atoms with Crippen molar-refractivity contribution in [2.75, 3.05) is 13.2 Å². The Balaban J connectivity index is 2.95. The lowest BCUT2D eigenvalue weighted by Crippen LogP contribution is -2.06. The van der Waals surface area contributed by atoms with Crippen molar-refractivity contribution in [1.82, 2.24) is 0 Å². The van der Waals surface area contributed by atoms with Crippen LogP contribution in [0.4, 0.5) is 4.39 Å². The molecule has 0 aliphatic heterocycles. The molecule has 1 aromatic carbocycles. The van der Waals surface area contributed by atoms with Gasteiger partial charge in [0.1, 0.15) is 5.82 Å². The lowest BCUT2D eigenvalue weighted by atomic mass is 10.2. The molecule has 0 saturated carbocycles. The molecule has 17 heavy (non-hydrogen) atoms. The largest absolute Gasteiger partial charge is 0.376 e.